The molecule has 0 aliphatic heterocycles. The minimum Gasteiger partial charge on any atom is -0.448 e. The number of anilines is 1. The highest BCUT2D eigenvalue weighted by Gasteiger charge is 2.25. The van der Waals surface area contributed by atoms with Crippen molar-refractivity contribution in [2.24, 2.45) is 0 Å². The maximum Gasteiger partial charge on any atom is 0.349 e. The third-order valence-electron chi connectivity index (χ3n) is 4.88. The van der Waals surface area contributed by atoms with Crippen LogP contribution in [0.3, 0.4) is 0 Å². The molecule has 5 nitrogen and oxygen atoms in total. The van der Waals surface area contributed by atoms with Crippen LogP contribution >= 0.6 is 22.7 Å². The maximum atomic E-state index is 12.6. The lowest BCUT2D eigenvalue weighted by Crippen LogP contribution is -2.31. The predicted octanol–water partition coefficient (Wildman–Crippen LogP) is 5.12. The molecule has 28 heavy (non-hydrogen) atoms. The first kappa shape index (κ1) is 19.1. The van der Waals surface area contributed by atoms with Crippen molar-refractivity contribution in [1.82, 2.24) is 4.98 Å². The maximum absolute atomic E-state index is 12.6. The van der Waals surface area contributed by atoms with Crippen molar-refractivity contribution < 1.29 is 14.3 Å². The SMILES string of the molecule is CCC(OC(=O)c1cc2c(s1)CCCC2)C(=O)Nc1nc2ccc(C)cc2s1. The van der Waals surface area contributed by atoms with E-state index in [1.54, 1.807) is 0 Å². The molecule has 0 saturated carbocycles. The average molecular weight is 415 g/mol. The van der Waals surface area contributed by atoms with Gasteiger partial charge in [0.25, 0.3) is 5.91 Å². The first-order chi connectivity index (χ1) is 13.5. The molecule has 0 spiro atoms. The van der Waals surface area contributed by atoms with Crippen LogP contribution < -0.4 is 5.32 Å². The summed E-state index contributed by atoms with van der Waals surface area (Å²) in [6.45, 7) is 3.85. The molecule has 1 atom stereocenters. The Morgan fingerprint density at radius 1 is 1.21 bits per heavy atom. The zero-order chi connectivity index (χ0) is 19.7. The van der Waals surface area contributed by atoms with E-state index in [0.29, 0.717) is 16.4 Å². The Balaban J connectivity index is 1.44. The Labute approximate surface area is 171 Å². The Bertz CT molecular complexity index is 1010. The van der Waals surface area contributed by atoms with Crippen molar-refractivity contribution in [2.75, 3.05) is 5.32 Å². The van der Waals surface area contributed by atoms with E-state index < -0.39 is 12.1 Å². The van der Waals surface area contributed by atoms with Crippen LogP contribution in [0.25, 0.3) is 10.2 Å². The van der Waals surface area contributed by atoms with Crippen LogP contribution in [-0.4, -0.2) is 23.0 Å². The number of hydrogen-bond acceptors (Lipinski definition) is 6. The molecule has 1 aliphatic rings. The number of ether oxygens (including phenoxy) is 1. The number of rotatable bonds is 5. The van der Waals surface area contributed by atoms with Gasteiger partial charge in [0.15, 0.2) is 11.2 Å². The first-order valence-electron chi connectivity index (χ1n) is 9.54. The standard InChI is InChI=1S/C21H22N2O3S2/c1-3-15(26-20(25)18-11-13-6-4-5-7-16(13)27-18)19(24)23-21-22-14-9-8-12(2)10-17(14)28-21/h8-11,15H,3-7H2,1-2H3,(H,22,23,24). The molecular formula is C21H22N2O3S2. The van der Waals surface area contributed by atoms with E-state index >= 15 is 0 Å². The highest BCUT2D eigenvalue weighted by molar-refractivity contribution is 7.22. The summed E-state index contributed by atoms with van der Waals surface area (Å²) in [6, 6.07) is 7.90. The molecule has 7 heteroatoms. The van der Waals surface area contributed by atoms with Gasteiger partial charge in [0.2, 0.25) is 0 Å². The minimum atomic E-state index is -0.833. The van der Waals surface area contributed by atoms with Crippen LogP contribution in [0.5, 0.6) is 0 Å². The summed E-state index contributed by atoms with van der Waals surface area (Å²) in [7, 11) is 0. The van der Waals surface area contributed by atoms with Crippen LogP contribution in [0.2, 0.25) is 0 Å². The molecule has 146 valence electrons. The summed E-state index contributed by atoms with van der Waals surface area (Å²) < 4.78 is 6.55. The molecule has 4 rings (SSSR count). The summed E-state index contributed by atoms with van der Waals surface area (Å²) >= 11 is 2.92. The van der Waals surface area contributed by atoms with Crippen molar-refractivity contribution in [2.45, 2.75) is 52.1 Å². The molecule has 0 bridgehead atoms. The Hall–Kier alpha value is -2.25. The highest BCUT2D eigenvalue weighted by Crippen LogP contribution is 2.31. The predicted molar refractivity (Wildman–Crippen MR) is 113 cm³/mol. The number of thiazole rings is 1. The van der Waals surface area contributed by atoms with Gasteiger partial charge in [-0.25, -0.2) is 9.78 Å². The number of nitrogens with zero attached hydrogens (tertiary/aromatic N) is 1. The third kappa shape index (κ3) is 3.95. The number of aryl methyl sites for hydroxylation is 3. The van der Waals surface area contributed by atoms with Gasteiger partial charge in [-0.2, -0.15) is 0 Å². The molecule has 0 fully saturated rings. The van der Waals surface area contributed by atoms with E-state index in [-0.39, 0.29) is 5.91 Å². The summed E-state index contributed by atoms with van der Waals surface area (Å²) in [5.41, 5.74) is 3.25. The molecule has 0 radical (unpaired) electrons. The summed E-state index contributed by atoms with van der Waals surface area (Å²) in [5, 5.41) is 3.32. The number of fused-ring (bicyclic) bond motifs is 2. The van der Waals surface area contributed by atoms with Gasteiger partial charge in [0, 0.05) is 4.88 Å². The molecule has 1 unspecified atom stereocenters. The second-order valence-electron chi connectivity index (χ2n) is 7.05. The summed E-state index contributed by atoms with van der Waals surface area (Å²) in [4.78, 5) is 31.5. The van der Waals surface area contributed by atoms with E-state index in [9.17, 15) is 9.59 Å². The van der Waals surface area contributed by atoms with Crippen molar-refractivity contribution in [3.8, 4) is 0 Å². The number of carbonyl (C=O) groups is 2. The summed E-state index contributed by atoms with van der Waals surface area (Å²) in [6.07, 6.45) is 3.96. The van der Waals surface area contributed by atoms with Crippen LogP contribution in [0.1, 0.15) is 51.9 Å². The number of carbonyl (C=O) groups excluding carboxylic acids is 2. The molecule has 1 aliphatic carbocycles. The van der Waals surface area contributed by atoms with Crippen molar-refractivity contribution in [1.29, 1.82) is 0 Å². The van der Waals surface area contributed by atoms with Gasteiger partial charge in [-0.15, -0.1) is 11.3 Å². The van der Waals surface area contributed by atoms with E-state index in [0.717, 1.165) is 28.6 Å². The van der Waals surface area contributed by atoms with Crippen molar-refractivity contribution in [3.05, 3.63) is 45.1 Å². The lowest BCUT2D eigenvalue weighted by Gasteiger charge is -2.14. The first-order valence-corrected chi connectivity index (χ1v) is 11.2. The Kier molecular flexibility index (Phi) is 5.46. The number of aromatic nitrogens is 1. The molecule has 1 amide bonds. The van der Waals surface area contributed by atoms with Crippen LogP contribution in [0.15, 0.2) is 24.3 Å². The van der Waals surface area contributed by atoms with Crippen LogP contribution in [0, 0.1) is 6.92 Å². The second kappa shape index (κ2) is 8.01. The second-order valence-corrected chi connectivity index (χ2v) is 9.22. The number of hydrogen-bond donors (Lipinski definition) is 1. The fourth-order valence-electron chi connectivity index (χ4n) is 3.37. The molecule has 1 aromatic carbocycles. The highest BCUT2D eigenvalue weighted by atomic mass is 32.1. The fraction of sp³-hybridized carbons (Fsp3) is 0.381. The minimum absolute atomic E-state index is 0.340. The number of esters is 1. The van der Waals surface area contributed by atoms with Crippen molar-refractivity contribution >= 4 is 49.9 Å². The molecule has 3 aromatic rings. The molecule has 2 heterocycles. The lowest BCUT2D eigenvalue weighted by atomic mass is 9.99. The van der Waals surface area contributed by atoms with Gasteiger partial charge in [-0.05, 0) is 68.4 Å². The number of benzene rings is 1. The lowest BCUT2D eigenvalue weighted by molar-refractivity contribution is -0.124. The van der Waals surface area contributed by atoms with E-state index in [1.165, 1.54) is 46.0 Å². The van der Waals surface area contributed by atoms with Gasteiger partial charge in [0.1, 0.15) is 4.88 Å². The van der Waals surface area contributed by atoms with Crippen LogP contribution in [0.4, 0.5) is 5.13 Å². The average Bonchev–Trinajstić information content (AvgIpc) is 3.28. The quantitative estimate of drug-likeness (QED) is 0.589. The smallest absolute Gasteiger partial charge is 0.349 e. The molecule has 1 N–H and O–H groups in total. The number of thiophene rings is 1. The zero-order valence-electron chi connectivity index (χ0n) is 15.9. The molecular weight excluding hydrogens is 392 g/mol. The molecule has 0 saturated heterocycles. The van der Waals surface area contributed by atoms with E-state index in [2.05, 4.69) is 10.3 Å². The fourth-order valence-corrected chi connectivity index (χ4v) is 5.48. The largest absolute Gasteiger partial charge is 0.448 e. The van der Waals surface area contributed by atoms with Gasteiger partial charge in [-0.1, -0.05) is 24.3 Å². The third-order valence-corrected chi connectivity index (χ3v) is 7.04. The number of amides is 1. The Morgan fingerprint density at radius 3 is 2.82 bits per heavy atom. The van der Waals surface area contributed by atoms with E-state index in [1.807, 2.05) is 38.1 Å². The van der Waals surface area contributed by atoms with Crippen molar-refractivity contribution in [3.63, 3.8) is 0 Å². The van der Waals surface area contributed by atoms with Gasteiger partial charge in [0.05, 0.1) is 10.2 Å². The van der Waals surface area contributed by atoms with Gasteiger partial charge < -0.3 is 4.74 Å². The zero-order valence-corrected chi connectivity index (χ0v) is 17.5. The van der Waals surface area contributed by atoms with Crippen LogP contribution in [-0.2, 0) is 22.4 Å². The topological polar surface area (TPSA) is 68.3 Å². The van der Waals surface area contributed by atoms with Gasteiger partial charge >= 0.3 is 5.97 Å². The van der Waals surface area contributed by atoms with E-state index in [4.69, 9.17) is 4.74 Å². The number of nitrogens with one attached hydrogen (secondary N) is 1. The normalized spacial score (nSPS) is 14.5. The van der Waals surface area contributed by atoms with Gasteiger partial charge in [-0.3, -0.25) is 10.1 Å². The monoisotopic (exact) mass is 414 g/mol. The molecule has 2 aromatic heterocycles. The summed E-state index contributed by atoms with van der Waals surface area (Å²) in [5.74, 6) is -0.755. The Morgan fingerprint density at radius 2 is 2.04 bits per heavy atom.